The number of nitrogens with zero attached hydrogens (tertiary/aromatic N) is 3. The maximum atomic E-state index is 5.44. The quantitative estimate of drug-likeness (QED) is 0.863. The zero-order valence-electron chi connectivity index (χ0n) is 10.4. The molecule has 0 spiro atoms. The molecule has 2 atom stereocenters. The second-order valence-corrected chi connectivity index (χ2v) is 4.72. The van der Waals surface area contributed by atoms with Crippen molar-refractivity contribution in [1.82, 2.24) is 20.2 Å². The normalized spacial score (nSPS) is 24.3. The lowest BCUT2D eigenvalue weighted by Crippen LogP contribution is -2.31. The van der Waals surface area contributed by atoms with Crippen LogP contribution >= 0.6 is 0 Å². The van der Waals surface area contributed by atoms with E-state index in [2.05, 4.69) is 25.5 Å². The second-order valence-electron chi connectivity index (χ2n) is 4.72. The molecular weight excluding hydrogens is 230 g/mol. The van der Waals surface area contributed by atoms with Crippen LogP contribution in [0.3, 0.4) is 0 Å². The number of anilines is 1. The molecule has 1 aliphatic rings. The summed E-state index contributed by atoms with van der Waals surface area (Å²) in [6, 6.07) is 0.414. The zero-order valence-corrected chi connectivity index (χ0v) is 10.4. The minimum atomic E-state index is 0.359. The summed E-state index contributed by atoms with van der Waals surface area (Å²) < 4.78 is 5.44. The average Bonchev–Trinajstić information content (AvgIpc) is 2.88. The summed E-state index contributed by atoms with van der Waals surface area (Å²) in [6.07, 6.45) is 8.20. The molecule has 0 saturated heterocycles. The predicted octanol–water partition coefficient (Wildman–Crippen LogP) is 1.72. The standard InChI is InChI=1S/C12H17N5O/c1-18-9-4-2-3-8(5-9)16-11-10-6-15-17-12(10)14-7-13-11/h6-9H,2-5H2,1H3,(H2,13,14,15,16,17). The molecule has 1 saturated carbocycles. The van der Waals surface area contributed by atoms with Crippen molar-refractivity contribution in [3.63, 3.8) is 0 Å². The number of aromatic nitrogens is 4. The Kier molecular flexibility index (Phi) is 3.10. The van der Waals surface area contributed by atoms with E-state index >= 15 is 0 Å². The minimum absolute atomic E-state index is 0.359. The van der Waals surface area contributed by atoms with Crippen LogP contribution in [0.25, 0.3) is 11.0 Å². The number of fused-ring (bicyclic) bond motifs is 1. The summed E-state index contributed by atoms with van der Waals surface area (Å²) in [6.45, 7) is 0. The number of rotatable bonds is 3. The molecule has 2 aromatic rings. The molecule has 2 aromatic heterocycles. The first-order valence-corrected chi connectivity index (χ1v) is 6.30. The highest BCUT2D eigenvalue weighted by atomic mass is 16.5. The smallest absolute Gasteiger partial charge is 0.160 e. The van der Waals surface area contributed by atoms with Gasteiger partial charge in [-0.15, -0.1) is 0 Å². The van der Waals surface area contributed by atoms with E-state index in [1.165, 1.54) is 6.42 Å². The monoisotopic (exact) mass is 247 g/mol. The Hall–Kier alpha value is -1.69. The molecule has 6 nitrogen and oxygen atoms in total. The lowest BCUT2D eigenvalue weighted by atomic mass is 9.93. The fourth-order valence-corrected chi connectivity index (χ4v) is 2.56. The number of hydrogen-bond donors (Lipinski definition) is 2. The Balaban J connectivity index is 1.77. The summed E-state index contributed by atoms with van der Waals surface area (Å²) in [7, 11) is 1.78. The van der Waals surface area contributed by atoms with E-state index in [1.54, 1.807) is 19.6 Å². The third-order valence-electron chi connectivity index (χ3n) is 3.55. The molecule has 0 aromatic carbocycles. The number of methoxy groups -OCH3 is 1. The number of hydrogen-bond acceptors (Lipinski definition) is 5. The number of aromatic amines is 1. The molecule has 0 bridgehead atoms. The molecule has 2 unspecified atom stereocenters. The van der Waals surface area contributed by atoms with Gasteiger partial charge in [0.05, 0.1) is 17.7 Å². The van der Waals surface area contributed by atoms with Gasteiger partial charge in [-0.25, -0.2) is 9.97 Å². The first-order valence-electron chi connectivity index (χ1n) is 6.30. The second kappa shape index (κ2) is 4.89. The molecule has 18 heavy (non-hydrogen) atoms. The van der Waals surface area contributed by atoms with Gasteiger partial charge in [-0.3, -0.25) is 5.10 Å². The fourth-order valence-electron chi connectivity index (χ4n) is 2.56. The van der Waals surface area contributed by atoms with Crippen LogP contribution < -0.4 is 5.32 Å². The molecular formula is C12H17N5O. The number of H-pyrrole nitrogens is 1. The Morgan fingerprint density at radius 3 is 3.22 bits per heavy atom. The molecule has 0 aliphatic heterocycles. The van der Waals surface area contributed by atoms with Gasteiger partial charge in [0.25, 0.3) is 0 Å². The van der Waals surface area contributed by atoms with Crippen LogP contribution in [0.5, 0.6) is 0 Å². The zero-order chi connectivity index (χ0) is 12.4. The predicted molar refractivity (Wildman–Crippen MR) is 68.4 cm³/mol. The van der Waals surface area contributed by atoms with Crippen molar-refractivity contribution < 1.29 is 4.74 Å². The van der Waals surface area contributed by atoms with Crippen LogP contribution in [0.15, 0.2) is 12.5 Å². The lowest BCUT2D eigenvalue weighted by Gasteiger charge is -2.29. The van der Waals surface area contributed by atoms with Crippen LogP contribution in [0.1, 0.15) is 25.7 Å². The van der Waals surface area contributed by atoms with Crippen LogP contribution in [0.4, 0.5) is 5.82 Å². The fraction of sp³-hybridized carbons (Fsp3) is 0.583. The highest BCUT2D eigenvalue weighted by molar-refractivity contribution is 5.85. The van der Waals surface area contributed by atoms with Crippen molar-refractivity contribution in [2.24, 2.45) is 0 Å². The van der Waals surface area contributed by atoms with Crippen LogP contribution in [-0.4, -0.2) is 39.4 Å². The van der Waals surface area contributed by atoms with E-state index in [-0.39, 0.29) is 0 Å². The van der Waals surface area contributed by atoms with Crippen molar-refractivity contribution in [3.8, 4) is 0 Å². The summed E-state index contributed by atoms with van der Waals surface area (Å²) >= 11 is 0. The van der Waals surface area contributed by atoms with Crippen molar-refractivity contribution in [2.75, 3.05) is 12.4 Å². The molecule has 2 heterocycles. The topological polar surface area (TPSA) is 75.7 Å². The largest absolute Gasteiger partial charge is 0.381 e. The van der Waals surface area contributed by atoms with E-state index in [9.17, 15) is 0 Å². The third-order valence-corrected chi connectivity index (χ3v) is 3.55. The first-order chi connectivity index (χ1) is 8.86. The summed E-state index contributed by atoms with van der Waals surface area (Å²) in [5.74, 6) is 0.857. The molecule has 0 radical (unpaired) electrons. The molecule has 96 valence electrons. The molecule has 0 amide bonds. The van der Waals surface area contributed by atoms with Crippen molar-refractivity contribution in [1.29, 1.82) is 0 Å². The van der Waals surface area contributed by atoms with Crippen LogP contribution in [0.2, 0.25) is 0 Å². The van der Waals surface area contributed by atoms with Gasteiger partial charge in [-0.2, -0.15) is 5.10 Å². The molecule has 3 rings (SSSR count). The van der Waals surface area contributed by atoms with Gasteiger partial charge in [0.1, 0.15) is 12.1 Å². The van der Waals surface area contributed by atoms with Crippen LogP contribution in [0, 0.1) is 0 Å². The van der Waals surface area contributed by atoms with Gasteiger partial charge >= 0.3 is 0 Å². The van der Waals surface area contributed by atoms with Gasteiger partial charge in [-0.1, -0.05) is 0 Å². The maximum Gasteiger partial charge on any atom is 0.160 e. The third kappa shape index (κ3) is 2.15. The number of ether oxygens (including phenoxy) is 1. The van der Waals surface area contributed by atoms with Crippen molar-refractivity contribution >= 4 is 16.9 Å². The molecule has 6 heteroatoms. The van der Waals surface area contributed by atoms with E-state index in [0.29, 0.717) is 12.1 Å². The van der Waals surface area contributed by atoms with Gasteiger partial charge in [0, 0.05) is 13.2 Å². The van der Waals surface area contributed by atoms with Crippen molar-refractivity contribution in [2.45, 2.75) is 37.8 Å². The van der Waals surface area contributed by atoms with E-state index in [0.717, 1.165) is 36.1 Å². The number of nitrogens with one attached hydrogen (secondary N) is 2. The minimum Gasteiger partial charge on any atom is -0.381 e. The van der Waals surface area contributed by atoms with Gasteiger partial charge in [0.2, 0.25) is 0 Å². The van der Waals surface area contributed by atoms with Crippen molar-refractivity contribution in [3.05, 3.63) is 12.5 Å². The van der Waals surface area contributed by atoms with E-state index in [4.69, 9.17) is 4.74 Å². The van der Waals surface area contributed by atoms with E-state index in [1.807, 2.05) is 0 Å². The summed E-state index contributed by atoms with van der Waals surface area (Å²) in [4.78, 5) is 8.43. The highest BCUT2D eigenvalue weighted by Gasteiger charge is 2.22. The maximum absolute atomic E-state index is 5.44. The van der Waals surface area contributed by atoms with Crippen LogP contribution in [-0.2, 0) is 4.74 Å². The van der Waals surface area contributed by atoms with Gasteiger partial charge in [0.15, 0.2) is 5.65 Å². The Morgan fingerprint density at radius 2 is 2.33 bits per heavy atom. The SMILES string of the molecule is COC1CCCC(Nc2ncnc3[nH]ncc23)C1. The van der Waals surface area contributed by atoms with Gasteiger partial charge in [-0.05, 0) is 25.7 Å². The summed E-state index contributed by atoms with van der Waals surface area (Å²) in [5.41, 5.74) is 0.770. The highest BCUT2D eigenvalue weighted by Crippen LogP contribution is 2.25. The molecule has 2 N–H and O–H groups in total. The molecule has 1 aliphatic carbocycles. The Morgan fingerprint density at radius 1 is 1.39 bits per heavy atom. The lowest BCUT2D eigenvalue weighted by molar-refractivity contribution is 0.0669. The summed E-state index contributed by atoms with van der Waals surface area (Å²) in [5, 5.41) is 11.3. The Bertz CT molecular complexity index is 526. The van der Waals surface area contributed by atoms with Gasteiger partial charge < -0.3 is 10.1 Å². The molecule has 1 fully saturated rings. The van der Waals surface area contributed by atoms with E-state index < -0.39 is 0 Å². The average molecular weight is 247 g/mol. The first kappa shape index (κ1) is 11.4. The Labute approximate surface area is 105 Å².